The molecule has 1 heterocycles. The molecule has 0 saturated carbocycles. The summed E-state index contributed by atoms with van der Waals surface area (Å²) >= 11 is 1.19. The third kappa shape index (κ3) is 4.39. The molecule has 0 aliphatic rings. The molecule has 6 heteroatoms. The fourth-order valence-electron chi connectivity index (χ4n) is 1.85. The molecule has 1 aromatic heterocycles. The highest BCUT2D eigenvalue weighted by atomic mass is 32.1. The number of anilines is 1. The van der Waals surface area contributed by atoms with Crippen LogP contribution in [-0.2, 0) is 4.79 Å². The van der Waals surface area contributed by atoms with Crippen molar-refractivity contribution in [3.63, 3.8) is 0 Å². The molecule has 0 atom stereocenters. The molecule has 116 valence electrons. The van der Waals surface area contributed by atoms with Crippen molar-refractivity contribution in [2.24, 2.45) is 0 Å². The van der Waals surface area contributed by atoms with Gasteiger partial charge in [-0.2, -0.15) is 0 Å². The quantitative estimate of drug-likeness (QED) is 0.829. The van der Waals surface area contributed by atoms with E-state index in [-0.39, 0.29) is 18.1 Å². The molecule has 0 aliphatic carbocycles. The van der Waals surface area contributed by atoms with Crippen LogP contribution in [0.3, 0.4) is 0 Å². The van der Waals surface area contributed by atoms with E-state index >= 15 is 0 Å². The second-order valence-corrected chi connectivity index (χ2v) is 5.95. The van der Waals surface area contributed by atoms with Crippen LogP contribution < -0.4 is 10.1 Å². The molecule has 0 bridgehead atoms. The van der Waals surface area contributed by atoms with Crippen LogP contribution in [0.1, 0.15) is 34.3 Å². The summed E-state index contributed by atoms with van der Waals surface area (Å²) in [7, 11) is 0. The zero-order valence-corrected chi connectivity index (χ0v) is 13.6. The van der Waals surface area contributed by atoms with Crippen LogP contribution in [0.4, 0.5) is 5.13 Å². The molecule has 0 saturated heterocycles. The third-order valence-electron chi connectivity index (χ3n) is 2.98. The first-order chi connectivity index (χ1) is 10.5. The van der Waals surface area contributed by atoms with Crippen molar-refractivity contribution in [1.82, 2.24) is 4.98 Å². The first-order valence-corrected chi connectivity index (χ1v) is 7.75. The molecule has 2 rings (SSSR count). The van der Waals surface area contributed by atoms with Gasteiger partial charge in [0, 0.05) is 6.92 Å². The fourth-order valence-corrected chi connectivity index (χ4v) is 2.73. The number of ether oxygens (including phenoxy) is 1. The Balaban J connectivity index is 1.81. The summed E-state index contributed by atoms with van der Waals surface area (Å²) in [4.78, 5) is 27.9. The minimum absolute atomic E-state index is 0.0433. The molecule has 5 nitrogen and oxygen atoms in total. The van der Waals surface area contributed by atoms with Crippen molar-refractivity contribution >= 4 is 28.2 Å². The number of aromatic nitrogens is 1. The molecule has 0 fully saturated rings. The molecular weight excluding hydrogens is 300 g/mol. The normalized spacial score (nSPS) is 10.3. The van der Waals surface area contributed by atoms with Gasteiger partial charge in [-0.15, -0.1) is 0 Å². The molecule has 2 aromatic rings. The number of amides is 1. The highest BCUT2D eigenvalue weighted by molar-refractivity contribution is 7.17. The van der Waals surface area contributed by atoms with Crippen molar-refractivity contribution in [1.29, 1.82) is 0 Å². The summed E-state index contributed by atoms with van der Waals surface area (Å²) in [5, 5.41) is 3.14. The van der Waals surface area contributed by atoms with Gasteiger partial charge in [-0.05, 0) is 26.0 Å². The smallest absolute Gasteiger partial charge is 0.229 e. The number of Topliss-reactive ketones (excluding diaryl/α,β-unsaturated/α-hetero) is 1. The second-order valence-electron chi connectivity index (χ2n) is 4.95. The Hall–Kier alpha value is -2.21. The maximum Gasteiger partial charge on any atom is 0.229 e. The minimum Gasteiger partial charge on any atom is -0.493 e. The molecular formula is C16H18N2O3S. The Morgan fingerprint density at radius 3 is 2.50 bits per heavy atom. The number of aryl methyl sites for hydroxylation is 2. The summed E-state index contributed by atoms with van der Waals surface area (Å²) in [6, 6.07) is 7.65. The lowest BCUT2D eigenvalue weighted by atomic mass is 10.2. The van der Waals surface area contributed by atoms with Gasteiger partial charge >= 0.3 is 0 Å². The van der Waals surface area contributed by atoms with E-state index in [1.54, 1.807) is 6.92 Å². The summed E-state index contributed by atoms with van der Waals surface area (Å²) in [6.07, 6.45) is 0.224. The van der Waals surface area contributed by atoms with E-state index in [0.717, 1.165) is 11.3 Å². The van der Waals surface area contributed by atoms with Crippen LogP contribution in [0.15, 0.2) is 24.3 Å². The zero-order chi connectivity index (χ0) is 16.1. The summed E-state index contributed by atoms with van der Waals surface area (Å²) in [5.41, 5.74) is 1.80. The van der Waals surface area contributed by atoms with Gasteiger partial charge in [0.05, 0.1) is 23.6 Å². The van der Waals surface area contributed by atoms with Crippen LogP contribution in [-0.4, -0.2) is 23.3 Å². The third-order valence-corrected chi connectivity index (χ3v) is 4.16. The van der Waals surface area contributed by atoms with E-state index < -0.39 is 0 Å². The number of rotatable bonds is 6. The Morgan fingerprint density at radius 2 is 1.91 bits per heavy atom. The maximum absolute atomic E-state index is 11.8. The van der Waals surface area contributed by atoms with Crippen LogP contribution in [0, 0.1) is 13.8 Å². The molecule has 0 aliphatic heterocycles. The number of hydrogen-bond acceptors (Lipinski definition) is 5. The Morgan fingerprint density at radius 1 is 1.23 bits per heavy atom. The van der Waals surface area contributed by atoms with Gasteiger partial charge in [0.1, 0.15) is 5.75 Å². The van der Waals surface area contributed by atoms with Crippen molar-refractivity contribution in [2.75, 3.05) is 11.9 Å². The van der Waals surface area contributed by atoms with E-state index in [1.165, 1.54) is 18.3 Å². The fraction of sp³-hybridized carbons (Fsp3) is 0.312. The number of carbonyl (C=O) groups excluding carboxylic acids is 2. The lowest BCUT2D eigenvalue weighted by Gasteiger charge is -2.06. The van der Waals surface area contributed by atoms with Crippen molar-refractivity contribution in [3.05, 3.63) is 40.4 Å². The van der Waals surface area contributed by atoms with Crippen LogP contribution in [0.25, 0.3) is 0 Å². The van der Waals surface area contributed by atoms with Gasteiger partial charge < -0.3 is 10.1 Å². The lowest BCUT2D eigenvalue weighted by molar-refractivity contribution is -0.116. The standard InChI is InChI=1S/C16H18N2O3S/c1-10-4-6-13(7-5-10)21-9-8-14(20)18-16-17-11(2)15(22-16)12(3)19/h4-7H,8-9H2,1-3H3,(H,17,18,20). The Bertz CT molecular complexity index is 677. The number of benzene rings is 1. The van der Waals surface area contributed by atoms with Gasteiger partial charge in [-0.1, -0.05) is 29.0 Å². The number of nitrogens with one attached hydrogen (secondary N) is 1. The number of ketones is 1. The Labute approximate surface area is 133 Å². The topological polar surface area (TPSA) is 68.3 Å². The highest BCUT2D eigenvalue weighted by Crippen LogP contribution is 2.23. The van der Waals surface area contributed by atoms with Crippen molar-refractivity contribution in [3.8, 4) is 5.75 Å². The highest BCUT2D eigenvalue weighted by Gasteiger charge is 2.13. The number of nitrogens with zero attached hydrogens (tertiary/aromatic N) is 1. The average Bonchev–Trinajstić information content (AvgIpc) is 2.82. The summed E-state index contributed by atoms with van der Waals surface area (Å²) in [6.45, 7) is 5.53. The van der Waals surface area contributed by atoms with Crippen LogP contribution in [0.5, 0.6) is 5.75 Å². The van der Waals surface area contributed by atoms with E-state index in [9.17, 15) is 9.59 Å². The summed E-state index contributed by atoms with van der Waals surface area (Å²) in [5.74, 6) is 0.511. The maximum atomic E-state index is 11.8. The molecule has 0 unspecified atom stereocenters. The molecule has 1 amide bonds. The van der Waals surface area contributed by atoms with Crippen LogP contribution >= 0.6 is 11.3 Å². The zero-order valence-electron chi connectivity index (χ0n) is 12.8. The number of thiazole rings is 1. The molecule has 1 N–H and O–H groups in total. The summed E-state index contributed by atoms with van der Waals surface area (Å²) < 4.78 is 5.50. The predicted octanol–water partition coefficient (Wildman–Crippen LogP) is 3.37. The lowest BCUT2D eigenvalue weighted by Crippen LogP contribution is -2.15. The largest absolute Gasteiger partial charge is 0.493 e. The second kappa shape index (κ2) is 7.17. The van der Waals surface area contributed by atoms with E-state index in [4.69, 9.17) is 4.74 Å². The molecule has 0 radical (unpaired) electrons. The first-order valence-electron chi connectivity index (χ1n) is 6.93. The van der Waals surface area contributed by atoms with E-state index in [0.29, 0.717) is 22.3 Å². The average molecular weight is 318 g/mol. The Kier molecular flexibility index (Phi) is 5.27. The molecule has 0 spiro atoms. The molecule has 22 heavy (non-hydrogen) atoms. The van der Waals surface area contributed by atoms with Gasteiger partial charge in [0.2, 0.25) is 5.91 Å². The van der Waals surface area contributed by atoms with Gasteiger partial charge in [0.15, 0.2) is 10.9 Å². The van der Waals surface area contributed by atoms with Gasteiger partial charge in [0.25, 0.3) is 0 Å². The minimum atomic E-state index is -0.184. The van der Waals surface area contributed by atoms with E-state index in [2.05, 4.69) is 10.3 Å². The van der Waals surface area contributed by atoms with E-state index in [1.807, 2.05) is 31.2 Å². The molecule has 1 aromatic carbocycles. The first kappa shape index (κ1) is 16.2. The van der Waals surface area contributed by atoms with Crippen molar-refractivity contribution < 1.29 is 14.3 Å². The SMILES string of the molecule is CC(=O)c1sc(NC(=O)CCOc2ccc(C)cc2)nc1C. The van der Waals surface area contributed by atoms with Crippen LogP contribution in [0.2, 0.25) is 0 Å². The number of hydrogen-bond donors (Lipinski definition) is 1. The van der Waals surface area contributed by atoms with Gasteiger partial charge in [-0.3, -0.25) is 9.59 Å². The van der Waals surface area contributed by atoms with Gasteiger partial charge in [-0.25, -0.2) is 4.98 Å². The predicted molar refractivity (Wildman–Crippen MR) is 86.8 cm³/mol. The monoisotopic (exact) mass is 318 g/mol. The van der Waals surface area contributed by atoms with Crippen molar-refractivity contribution in [2.45, 2.75) is 27.2 Å². The number of carbonyl (C=O) groups is 2.